The van der Waals surface area contributed by atoms with Crippen LogP contribution in [0.4, 0.5) is 18.9 Å². The Morgan fingerprint density at radius 3 is 2.30 bits per heavy atom. The molecule has 0 N–H and O–H groups in total. The number of para-hydroxylation sites is 1. The molecule has 0 aromatic heterocycles. The van der Waals surface area contributed by atoms with Crippen molar-refractivity contribution < 1.29 is 31.1 Å². The van der Waals surface area contributed by atoms with Gasteiger partial charge in [0.25, 0.3) is 0 Å². The monoisotopic (exact) mass is 479 g/mol. The van der Waals surface area contributed by atoms with Crippen LogP contribution in [0.3, 0.4) is 0 Å². The van der Waals surface area contributed by atoms with Gasteiger partial charge in [-0.15, -0.1) is 0 Å². The highest BCUT2D eigenvalue weighted by atomic mass is 32.2. The predicted octanol–water partition coefficient (Wildman–Crippen LogP) is 5.76. The summed E-state index contributed by atoms with van der Waals surface area (Å²) in [5, 5.41) is 0. The third-order valence-electron chi connectivity index (χ3n) is 5.11. The lowest BCUT2D eigenvalue weighted by Gasteiger charge is -2.28. The van der Waals surface area contributed by atoms with Crippen molar-refractivity contribution >= 4 is 33.0 Å². The minimum atomic E-state index is -5.85. The average Bonchev–Trinajstić information content (AvgIpc) is 2.92. The standard InChI is InChI=1S/C24H24F3NO4S/c1-3-5-13-18-19-14-9-10-15-21(19)28(33(30,31)24(25,26)27)22(17-11-7-6-8-12-17)16-20(18)23(29)32-4-2/h6-16,20H,3-5H2,1-2H3/b18-13+. The second kappa shape index (κ2) is 9.82. The van der Waals surface area contributed by atoms with Gasteiger partial charge in [0, 0.05) is 5.56 Å². The van der Waals surface area contributed by atoms with E-state index in [0.717, 1.165) is 6.42 Å². The number of allylic oxidation sites excluding steroid dienone is 1. The molecule has 0 spiro atoms. The maximum atomic E-state index is 13.8. The molecule has 0 bridgehead atoms. The Morgan fingerprint density at radius 1 is 1.06 bits per heavy atom. The molecule has 33 heavy (non-hydrogen) atoms. The zero-order chi connectivity index (χ0) is 24.2. The number of hydrogen-bond donors (Lipinski definition) is 0. The maximum Gasteiger partial charge on any atom is 0.517 e. The quantitative estimate of drug-likeness (QED) is 0.494. The molecule has 1 aliphatic rings. The van der Waals surface area contributed by atoms with Gasteiger partial charge >= 0.3 is 21.5 Å². The van der Waals surface area contributed by atoms with Gasteiger partial charge in [0.05, 0.1) is 18.0 Å². The molecule has 0 saturated carbocycles. The van der Waals surface area contributed by atoms with Crippen molar-refractivity contribution in [2.45, 2.75) is 32.2 Å². The van der Waals surface area contributed by atoms with Gasteiger partial charge in [0.2, 0.25) is 0 Å². The summed E-state index contributed by atoms with van der Waals surface area (Å²) in [6.45, 7) is 3.61. The molecule has 0 amide bonds. The van der Waals surface area contributed by atoms with Gasteiger partial charge in [0.1, 0.15) is 5.92 Å². The smallest absolute Gasteiger partial charge is 0.465 e. The zero-order valence-corrected chi connectivity index (χ0v) is 19.0. The summed E-state index contributed by atoms with van der Waals surface area (Å²) in [5.74, 6) is -1.77. The van der Waals surface area contributed by atoms with E-state index in [2.05, 4.69) is 0 Å². The van der Waals surface area contributed by atoms with E-state index in [9.17, 15) is 26.4 Å². The molecule has 3 rings (SSSR count). The van der Waals surface area contributed by atoms with Crippen molar-refractivity contribution in [1.82, 2.24) is 0 Å². The molecule has 1 atom stereocenters. The van der Waals surface area contributed by atoms with Crippen molar-refractivity contribution in [1.29, 1.82) is 0 Å². The average molecular weight is 480 g/mol. The number of benzene rings is 2. The number of carbonyl (C=O) groups excluding carboxylic acids is 1. The highest BCUT2D eigenvalue weighted by Crippen LogP contribution is 2.45. The number of unbranched alkanes of at least 4 members (excludes halogenated alkanes) is 1. The number of alkyl halides is 3. The van der Waals surface area contributed by atoms with E-state index in [-0.39, 0.29) is 33.4 Å². The molecule has 5 nitrogen and oxygen atoms in total. The van der Waals surface area contributed by atoms with E-state index in [1.54, 1.807) is 37.3 Å². The highest BCUT2D eigenvalue weighted by Gasteiger charge is 2.53. The fourth-order valence-corrected chi connectivity index (χ4v) is 4.71. The number of esters is 1. The highest BCUT2D eigenvalue weighted by molar-refractivity contribution is 7.94. The van der Waals surface area contributed by atoms with Crippen molar-refractivity contribution in [2.24, 2.45) is 5.92 Å². The zero-order valence-electron chi connectivity index (χ0n) is 18.2. The van der Waals surface area contributed by atoms with Gasteiger partial charge in [-0.05, 0) is 36.6 Å². The van der Waals surface area contributed by atoms with Gasteiger partial charge in [0.15, 0.2) is 0 Å². The van der Waals surface area contributed by atoms with E-state index < -0.39 is 27.4 Å². The van der Waals surface area contributed by atoms with Crippen LogP contribution in [0.15, 0.2) is 66.7 Å². The molecule has 0 radical (unpaired) electrons. The summed E-state index contributed by atoms with van der Waals surface area (Å²) < 4.78 is 72.8. The summed E-state index contributed by atoms with van der Waals surface area (Å²) in [7, 11) is -5.85. The normalized spacial score (nSPS) is 17.8. The molecule has 1 heterocycles. The van der Waals surface area contributed by atoms with Gasteiger partial charge in [-0.2, -0.15) is 21.6 Å². The molecule has 1 aliphatic heterocycles. The van der Waals surface area contributed by atoms with Gasteiger partial charge < -0.3 is 4.74 Å². The fourth-order valence-electron chi connectivity index (χ4n) is 3.66. The first-order valence-corrected chi connectivity index (χ1v) is 11.9. The van der Waals surface area contributed by atoms with Crippen molar-refractivity contribution in [3.8, 4) is 0 Å². The first-order valence-electron chi connectivity index (χ1n) is 10.5. The number of rotatable bonds is 6. The Bertz CT molecular complexity index is 1170. The molecule has 2 aromatic rings. The first-order chi connectivity index (χ1) is 15.6. The summed E-state index contributed by atoms with van der Waals surface area (Å²) in [5.41, 5.74) is -5.17. The lowest BCUT2D eigenvalue weighted by atomic mass is 9.90. The second-order valence-corrected chi connectivity index (χ2v) is 9.11. The summed E-state index contributed by atoms with van der Waals surface area (Å²) in [6.07, 6.45) is 4.27. The summed E-state index contributed by atoms with van der Waals surface area (Å²) >= 11 is 0. The number of hydrogen-bond acceptors (Lipinski definition) is 4. The Hall–Kier alpha value is -3.07. The van der Waals surface area contributed by atoms with E-state index in [1.807, 2.05) is 6.92 Å². The Morgan fingerprint density at radius 2 is 1.70 bits per heavy atom. The molecule has 1 unspecified atom stereocenters. The third kappa shape index (κ3) is 4.83. The fraction of sp³-hybridized carbons (Fsp3) is 0.292. The summed E-state index contributed by atoms with van der Waals surface area (Å²) in [6, 6.07) is 13.7. The van der Waals surface area contributed by atoms with Gasteiger partial charge in [-0.1, -0.05) is 68.0 Å². The van der Waals surface area contributed by atoms with E-state index >= 15 is 0 Å². The van der Waals surface area contributed by atoms with Crippen LogP contribution in [0.2, 0.25) is 0 Å². The number of fused-ring (bicyclic) bond motifs is 1. The van der Waals surface area contributed by atoms with Crippen molar-refractivity contribution in [3.05, 3.63) is 77.9 Å². The number of nitrogens with zero attached hydrogens (tertiary/aromatic N) is 1. The third-order valence-corrected chi connectivity index (χ3v) is 6.57. The lowest BCUT2D eigenvalue weighted by molar-refractivity contribution is -0.144. The molecular formula is C24H24F3NO4S. The van der Waals surface area contributed by atoms with Crippen LogP contribution in [0.1, 0.15) is 37.8 Å². The minimum absolute atomic E-state index is 0.0666. The van der Waals surface area contributed by atoms with Crippen LogP contribution in [0.25, 0.3) is 11.3 Å². The molecule has 0 aliphatic carbocycles. The minimum Gasteiger partial charge on any atom is -0.465 e. The first kappa shape index (κ1) is 24.6. The predicted molar refractivity (Wildman–Crippen MR) is 121 cm³/mol. The second-order valence-electron chi connectivity index (χ2n) is 7.33. The van der Waals surface area contributed by atoms with Crippen LogP contribution >= 0.6 is 0 Å². The van der Waals surface area contributed by atoms with Crippen molar-refractivity contribution in [2.75, 3.05) is 10.9 Å². The van der Waals surface area contributed by atoms with Crippen molar-refractivity contribution in [3.63, 3.8) is 0 Å². The molecule has 0 saturated heterocycles. The Balaban J connectivity index is 2.45. The maximum absolute atomic E-state index is 13.8. The van der Waals surface area contributed by atoms with Crippen LogP contribution in [0.5, 0.6) is 0 Å². The van der Waals surface area contributed by atoms with Crippen LogP contribution in [0, 0.1) is 5.92 Å². The lowest BCUT2D eigenvalue weighted by Crippen LogP contribution is -2.40. The SMILES string of the molecule is CCC/C=C1\c2ccccc2N(S(=O)(=O)C(F)(F)F)C(c2ccccc2)=CC1C(=O)OCC. The Labute approximate surface area is 191 Å². The molecule has 9 heteroatoms. The topological polar surface area (TPSA) is 63.7 Å². The number of sulfonamides is 1. The number of carbonyl (C=O) groups is 1. The molecule has 0 fully saturated rings. The number of ether oxygens (including phenoxy) is 1. The number of anilines is 1. The largest absolute Gasteiger partial charge is 0.517 e. The van der Waals surface area contributed by atoms with Crippen LogP contribution in [-0.4, -0.2) is 26.5 Å². The van der Waals surface area contributed by atoms with Crippen LogP contribution in [-0.2, 0) is 19.6 Å². The van der Waals surface area contributed by atoms with Crippen LogP contribution < -0.4 is 4.31 Å². The van der Waals surface area contributed by atoms with Gasteiger partial charge in [-0.25, -0.2) is 4.31 Å². The van der Waals surface area contributed by atoms with E-state index in [1.165, 1.54) is 36.4 Å². The van der Waals surface area contributed by atoms with E-state index in [0.29, 0.717) is 12.0 Å². The molecule has 176 valence electrons. The molecular weight excluding hydrogens is 455 g/mol. The number of halogens is 3. The van der Waals surface area contributed by atoms with Gasteiger partial charge in [-0.3, -0.25) is 4.79 Å². The summed E-state index contributed by atoms with van der Waals surface area (Å²) in [4.78, 5) is 13.0. The Kier molecular flexibility index (Phi) is 7.31. The van der Waals surface area contributed by atoms with E-state index in [4.69, 9.17) is 4.74 Å². The molecule has 2 aromatic carbocycles.